The molecule has 0 saturated heterocycles. The van der Waals surface area contributed by atoms with Crippen molar-refractivity contribution in [2.45, 2.75) is 0 Å². The smallest absolute Gasteiger partial charge is 0.164 e. The Hall–Kier alpha value is -5.82. The van der Waals surface area contributed by atoms with Gasteiger partial charge in [-0.15, -0.1) is 0 Å². The molecule has 0 bridgehead atoms. The topological polar surface area (TPSA) is 90.5 Å². The predicted molar refractivity (Wildman–Crippen MR) is 160 cm³/mol. The van der Waals surface area contributed by atoms with E-state index in [0.717, 1.165) is 61.1 Å². The van der Waals surface area contributed by atoms with E-state index in [1.54, 1.807) is 12.4 Å². The summed E-state index contributed by atoms with van der Waals surface area (Å²) >= 11 is 0. The Morgan fingerprint density at radius 1 is 0.488 bits per heavy atom. The molecule has 0 amide bonds. The van der Waals surface area contributed by atoms with Gasteiger partial charge >= 0.3 is 0 Å². The lowest BCUT2D eigenvalue weighted by Crippen LogP contribution is -2.00. The summed E-state index contributed by atoms with van der Waals surface area (Å²) in [7, 11) is 0. The third kappa shape index (κ3) is 3.99. The number of pyridine rings is 3. The van der Waals surface area contributed by atoms with Crippen LogP contribution in [0.1, 0.15) is 0 Å². The number of hydrogen-bond donors (Lipinski definition) is 0. The van der Waals surface area contributed by atoms with Crippen molar-refractivity contribution in [3.05, 3.63) is 122 Å². The van der Waals surface area contributed by atoms with Gasteiger partial charge < -0.3 is 4.42 Å². The van der Waals surface area contributed by atoms with Gasteiger partial charge in [0.25, 0.3) is 0 Å². The van der Waals surface area contributed by atoms with E-state index >= 15 is 0 Å². The summed E-state index contributed by atoms with van der Waals surface area (Å²) in [6.45, 7) is 0. The molecule has 0 aliphatic rings. The van der Waals surface area contributed by atoms with Crippen molar-refractivity contribution in [2.24, 2.45) is 0 Å². The fraction of sp³-hybridized carbons (Fsp3) is 0. The molecule has 0 saturated carbocycles. The number of furan rings is 1. The molecule has 0 spiro atoms. The summed E-state index contributed by atoms with van der Waals surface area (Å²) in [5.74, 6) is 1.82. The van der Waals surface area contributed by atoms with E-state index in [9.17, 15) is 0 Å². The first-order valence-corrected chi connectivity index (χ1v) is 13.2. The van der Waals surface area contributed by atoms with Crippen molar-refractivity contribution in [1.29, 1.82) is 0 Å². The number of aromatic nitrogens is 6. The highest BCUT2D eigenvalue weighted by Gasteiger charge is 2.18. The van der Waals surface area contributed by atoms with E-state index in [2.05, 4.69) is 16.0 Å². The minimum atomic E-state index is 0.586. The van der Waals surface area contributed by atoms with Gasteiger partial charge in [0, 0.05) is 34.5 Å². The van der Waals surface area contributed by atoms with Crippen LogP contribution in [-0.4, -0.2) is 29.9 Å². The Kier molecular flexibility index (Phi) is 5.31. The van der Waals surface area contributed by atoms with E-state index in [4.69, 9.17) is 24.4 Å². The molecule has 192 valence electrons. The van der Waals surface area contributed by atoms with Crippen molar-refractivity contribution in [3.63, 3.8) is 0 Å². The van der Waals surface area contributed by atoms with Crippen LogP contribution in [0.4, 0.5) is 0 Å². The van der Waals surface area contributed by atoms with Crippen LogP contribution < -0.4 is 0 Å². The third-order valence-corrected chi connectivity index (χ3v) is 7.05. The van der Waals surface area contributed by atoms with E-state index in [0.29, 0.717) is 17.5 Å². The maximum atomic E-state index is 6.02. The molecule has 5 heterocycles. The van der Waals surface area contributed by atoms with E-state index in [-0.39, 0.29) is 0 Å². The average Bonchev–Trinajstić information content (AvgIpc) is 3.44. The molecule has 0 atom stereocenters. The first-order valence-electron chi connectivity index (χ1n) is 13.2. The first kappa shape index (κ1) is 23.1. The van der Waals surface area contributed by atoms with Gasteiger partial charge in [0.05, 0.1) is 16.6 Å². The average molecular weight is 529 g/mol. The van der Waals surface area contributed by atoms with Crippen LogP contribution in [0.25, 0.3) is 78.5 Å². The van der Waals surface area contributed by atoms with Crippen molar-refractivity contribution in [2.75, 3.05) is 0 Å². The normalized spacial score (nSPS) is 11.4. The zero-order valence-corrected chi connectivity index (χ0v) is 21.6. The van der Waals surface area contributed by atoms with Crippen molar-refractivity contribution in [3.8, 4) is 45.6 Å². The van der Waals surface area contributed by atoms with Crippen LogP contribution in [-0.2, 0) is 0 Å². The molecule has 0 aliphatic heterocycles. The quantitative estimate of drug-likeness (QED) is 0.230. The molecule has 0 N–H and O–H groups in total. The summed E-state index contributed by atoms with van der Waals surface area (Å²) in [6.07, 6.45) is 3.50. The van der Waals surface area contributed by atoms with E-state index in [1.165, 1.54) is 0 Å². The monoisotopic (exact) mass is 528 g/mol. The fourth-order valence-corrected chi connectivity index (χ4v) is 5.14. The molecule has 0 aliphatic carbocycles. The fourth-order valence-electron chi connectivity index (χ4n) is 5.14. The highest BCUT2D eigenvalue weighted by atomic mass is 16.3. The van der Waals surface area contributed by atoms with Crippen LogP contribution in [0.3, 0.4) is 0 Å². The van der Waals surface area contributed by atoms with E-state index in [1.807, 2.05) is 103 Å². The lowest BCUT2D eigenvalue weighted by Gasteiger charge is -2.11. The standard InChI is InChI=1S/C34H20N6O/c1-3-9-21(10-4-1)32-38-33(22-11-5-2-6-12-22)40-34(39-32)24-13-7-14-25-23(24)16-17-26(37-25)30-29-27(18-20-36-30)41-28-15-8-19-35-31(28)29/h1-20H. The van der Waals surface area contributed by atoms with Gasteiger partial charge in [-0.3, -0.25) is 9.97 Å². The Morgan fingerprint density at radius 3 is 1.98 bits per heavy atom. The molecule has 8 rings (SSSR count). The van der Waals surface area contributed by atoms with Crippen LogP contribution in [0, 0.1) is 0 Å². The molecule has 41 heavy (non-hydrogen) atoms. The van der Waals surface area contributed by atoms with Gasteiger partial charge in [-0.2, -0.15) is 0 Å². The highest BCUT2D eigenvalue weighted by molar-refractivity contribution is 6.09. The molecule has 0 radical (unpaired) electrons. The molecular formula is C34H20N6O. The molecular weight excluding hydrogens is 508 g/mol. The van der Waals surface area contributed by atoms with Gasteiger partial charge in [-0.1, -0.05) is 72.8 Å². The number of benzene rings is 3. The Balaban J connectivity index is 1.31. The molecule has 7 heteroatoms. The minimum Gasteiger partial charge on any atom is -0.454 e. The van der Waals surface area contributed by atoms with Crippen LogP contribution in [0.2, 0.25) is 0 Å². The molecule has 8 aromatic rings. The summed E-state index contributed by atoms with van der Waals surface area (Å²) in [5, 5.41) is 1.78. The zero-order valence-electron chi connectivity index (χ0n) is 21.6. The van der Waals surface area contributed by atoms with Gasteiger partial charge in [-0.05, 0) is 36.4 Å². The molecule has 3 aromatic carbocycles. The maximum Gasteiger partial charge on any atom is 0.164 e. The Labute approximate surface area is 234 Å². The second-order valence-electron chi connectivity index (χ2n) is 9.59. The second-order valence-corrected chi connectivity index (χ2v) is 9.59. The SMILES string of the molecule is c1ccc(-c2nc(-c3ccccc3)nc(-c3cccc4nc(-c5nccc6oc7cccnc7c56)ccc34)n2)cc1. The molecule has 0 unspecified atom stereocenters. The summed E-state index contributed by atoms with van der Waals surface area (Å²) in [4.78, 5) is 28.9. The zero-order chi connectivity index (χ0) is 27.2. The lowest BCUT2D eigenvalue weighted by atomic mass is 10.1. The molecule has 0 fully saturated rings. The largest absolute Gasteiger partial charge is 0.454 e. The van der Waals surface area contributed by atoms with Crippen molar-refractivity contribution in [1.82, 2.24) is 29.9 Å². The minimum absolute atomic E-state index is 0.586. The van der Waals surface area contributed by atoms with Crippen molar-refractivity contribution >= 4 is 33.0 Å². The number of fused-ring (bicyclic) bond motifs is 4. The maximum absolute atomic E-state index is 6.02. The molecule has 5 aromatic heterocycles. The summed E-state index contributed by atoms with van der Waals surface area (Å²) in [6, 6.07) is 35.6. The Bertz CT molecular complexity index is 2150. The van der Waals surface area contributed by atoms with Gasteiger partial charge in [0.15, 0.2) is 23.1 Å². The second kappa shape index (κ2) is 9.43. The van der Waals surface area contributed by atoms with Gasteiger partial charge in [-0.25, -0.2) is 19.9 Å². The lowest BCUT2D eigenvalue weighted by molar-refractivity contribution is 0.667. The van der Waals surface area contributed by atoms with Crippen LogP contribution >= 0.6 is 0 Å². The molecule has 7 nitrogen and oxygen atoms in total. The van der Waals surface area contributed by atoms with E-state index < -0.39 is 0 Å². The number of hydrogen-bond acceptors (Lipinski definition) is 7. The third-order valence-electron chi connectivity index (χ3n) is 7.05. The van der Waals surface area contributed by atoms with Crippen molar-refractivity contribution < 1.29 is 4.42 Å². The predicted octanol–water partition coefficient (Wildman–Crippen LogP) is 7.78. The first-order chi connectivity index (χ1) is 20.3. The van der Waals surface area contributed by atoms with Gasteiger partial charge in [0.2, 0.25) is 0 Å². The Morgan fingerprint density at radius 2 is 1.22 bits per heavy atom. The summed E-state index contributed by atoms with van der Waals surface area (Å²) in [5.41, 5.74) is 7.22. The summed E-state index contributed by atoms with van der Waals surface area (Å²) < 4.78 is 6.02. The van der Waals surface area contributed by atoms with Crippen LogP contribution in [0.15, 0.2) is 126 Å². The number of nitrogens with zero attached hydrogens (tertiary/aromatic N) is 6. The highest BCUT2D eigenvalue weighted by Crippen LogP contribution is 2.35. The van der Waals surface area contributed by atoms with Gasteiger partial charge in [0.1, 0.15) is 16.8 Å². The number of rotatable bonds is 4. The van der Waals surface area contributed by atoms with Crippen LogP contribution in [0.5, 0.6) is 0 Å².